The third kappa shape index (κ3) is 5.59. The quantitative estimate of drug-likeness (QED) is 0.157. The first-order valence-corrected chi connectivity index (χ1v) is 22.1. The van der Waals surface area contributed by atoms with Gasteiger partial charge in [-0.25, -0.2) is 0 Å². The molecule has 0 radical (unpaired) electrons. The molecule has 0 amide bonds. The highest BCUT2D eigenvalue weighted by Crippen LogP contribution is 2.56. The summed E-state index contributed by atoms with van der Waals surface area (Å²) in [5, 5.41) is 5.19. The molecule has 0 saturated heterocycles. The smallest absolute Gasteiger partial charge is 0.0461 e. The molecule has 1 unspecified atom stereocenters. The molecule has 0 bridgehead atoms. The van der Waals surface area contributed by atoms with E-state index in [2.05, 4.69) is 218 Å². The average Bonchev–Trinajstić information content (AvgIpc) is 3.63. The number of hydrogen-bond acceptors (Lipinski definition) is 1. The Morgan fingerprint density at radius 3 is 1.66 bits per heavy atom. The molecule has 0 aromatic heterocycles. The summed E-state index contributed by atoms with van der Waals surface area (Å²) < 4.78 is 0. The zero-order valence-electron chi connectivity index (χ0n) is 36.7. The molecule has 0 fully saturated rings. The van der Waals surface area contributed by atoms with E-state index in [9.17, 15) is 0 Å². The lowest BCUT2D eigenvalue weighted by Crippen LogP contribution is -2.24. The number of aryl methyl sites for hydroxylation is 3. The van der Waals surface area contributed by atoms with Gasteiger partial charge in [-0.1, -0.05) is 150 Å². The van der Waals surface area contributed by atoms with Gasteiger partial charge < -0.3 is 4.90 Å². The van der Waals surface area contributed by atoms with Crippen LogP contribution in [0.4, 0.5) is 11.4 Å². The van der Waals surface area contributed by atoms with Crippen LogP contribution in [-0.2, 0) is 10.8 Å². The zero-order chi connectivity index (χ0) is 41.9. The van der Waals surface area contributed by atoms with Gasteiger partial charge in [0.1, 0.15) is 0 Å². The molecule has 61 heavy (non-hydrogen) atoms. The van der Waals surface area contributed by atoms with Crippen LogP contribution in [0.25, 0.3) is 60.5 Å². The molecule has 0 aliphatic heterocycles. The second-order valence-corrected chi connectivity index (χ2v) is 19.2. The van der Waals surface area contributed by atoms with Crippen LogP contribution >= 0.6 is 0 Å². The average molecular weight is 788 g/mol. The summed E-state index contributed by atoms with van der Waals surface area (Å²) in [7, 11) is 0. The fraction of sp³-hybridized carbons (Fsp3) is 0.200. The van der Waals surface area contributed by atoms with E-state index in [0.29, 0.717) is 5.92 Å². The van der Waals surface area contributed by atoms with E-state index in [4.69, 9.17) is 0 Å². The molecule has 1 atom stereocenters. The molecule has 1 heteroatoms. The van der Waals surface area contributed by atoms with Crippen LogP contribution in [0.5, 0.6) is 0 Å². The first kappa shape index (κ1) is 37.6. The highest BCUT2D eigenvalue weighted by Gasteiger charge is 2.42. The second kappa shape index (κ2) is 13.5. The fourth-order valence-corrected chi connectivity index (χ4v) is 11.4. The summed E-state index contributed by atoms with van der Waals surface area (Å²) in [4.78, 5) is 2.52. The Morgan fingerprint density at radius 1 is 0.475 bits per heavy atom. The van der Waals surface area contributed by atoms with Gasteiger partial charge in [0, 0.05) is 27.9 Å². The number of allylic oxidation sites excluding steroid dienone is 4. The van der Waals surface area contributed by atoms with Crippen molar-refractivity contribution in [3.63, 3.8) is 0 Å². The molecular weight excluding hydrogens is 735 g/mol. The maximum Gasteiger partial charge on any atom is 0.0461 e. The van der Waals surface area contributed by atoms with Crippen molar-refractivity contribution >= 4 is 38.5 Å². The van der Waals surface area contributed by atoms with Crippen LogP contribution in [0.15, 0.2) is 169 Å². The molecule has 3 aliphatic carbocycles. The van der Waals surface area contributed by atoms with Crippen molar-refractivity contribution < 1.29 is 0 Å². The maximum atomic E-state index is 2.54. The number of nitrogens with zero attached hydrogens (tertiary/aromatic N) is 1. The Kier molecular flexibility index (Phi) is 8.33. The van der Waals surface area contributed by atoms with Gasteiger partial charge in [0.15, 0.2) is 0 Å². The third-order valence-electron chi connectivity index (χ3n) is 14.7. The van der Waals surface area contributed by atoms with E-state index < -0.39 is 0 Å². The molecule has 8 aromatic carbocycles. The van der Waals surface area contributed by atoms with Crippen LogP contribution in [0, 0.1) is 26.7 Å². The van der Waals surface area contributed by atoms with E-state index in [1.54, 1.807) is 0 Å². The van der Waals surface area contributed by atoms with E-state index in [1.807, 2.05) is 0 Å². The standard InChI is InChI=1S/C60H53N/c1-36-16-15-17-42(30-36)61(43-27-24-37(2)38(3)31-43)44-32-39(4)56-51-29-26-41(34-54(51)60(7,8)55(56)35-44)58-49-21-11-9-19-47(49)57(48-20-10-12-22-50(48)58)40-25-28-46-45-18-13-14-23-52(45)59(5,6)53(46)33-40/h9-31,33-35,39H,32H2,1-8H3. The van der Waals surface area contributed by atoms with Crippen LogP contribution in [0.2, 0.25) is 0 Å². The Labute approximate surface area is 361 Å². The predicted molar refractivity (Wildman–Crippen MR) is 261 cm³/mol. The van der Waals surface area contributed by atoms with Crippen LogP contribution in [0.3, 0.4) is 0 Å². The van der Waals surface area contributed by atoms with E-state index in [-0.39, 0.29) is 10.8 Å². The first-order chi connectivity index (χ1) is 29.4. The van der Waals surface area contributed by atoms with Gasteiger partial charge >= 0.3 is 0 Å². The zero-order valence-corrected chi connectivity index (χ0v) is 36.7. The number of anilines is 2. The minimum Gasteiger partial charge on any atom is -0.314 e. The van der Waals surface area contributed by atoms with Gasteiger partial charge in [-0.3, -0.25) is 0 Å². The van der Waals surface area contributed by atoms with E-state index in [1.165, 1.54) is 122 Å². The topological polar surface area (TPSA) is 3.24 Å². The molecule has 298 valence electrons. The summed E-state index contributed by atoms with van der Waals surface area (Å²) in [6.07, 6.45) is 3.52. The SMILES string of the molecule is Cc1cccc(N(C2=CC3=C(c4ccc(-c5c6ccccc6c(-c6ccc7c(c6)C(C)(C)c6ccccc6-7)c6ccccc56)cc4C3(C)C)C(C)C2)c2ccc(C)c(C)c2)c1. The fourth-order valence-electron chi connectivity index (χ4n) is 11.4. The Hall–Kier alpha value is -6.44. The van der Waals surface area contributed by atoms with E-state index in [0.717, 1.165) is 6.42 Å². The summed E-state index contributed by atoms with van der Waals surface area (Å²) in [5.41, 5.74) is 24.0. The largest absolute Gasteiger partial charge is 0.314 e. The lowest BCUT2D eigenvalue weighted by Gasteiger charge is -2.35. The normalized spacial score (nSPS) is 16.9. The highest BCUT2D eigenvalue weighted by atomic mass is 15.1. The monoisotopic (exact) mass is 787 g/mol. The lowest BCUT2D eigenvalue weighted by atomic mass is 9.77. The predicted octanol–water partition coefficient (Wildman–Crippen LogP) is 16.4. The summed E-state index contributed by atoms with van der Waals surface area (Å²) in [6, 6.07) is 57.7. The maximum absolute atomic E-state index is 2.54. The highest BCUT2D eigenvalue weighted by molar-refractivity contribution is 6.21. The molecule has 0 saturated carbocycles. The first-order valence-electron chi connectivity index (χ1n) is 22.1. The van der Waals surface area contributed by atoms with Crippen molar-refractivity contribution in [2.24, 2.45) is 5.92 Å². The summed E-state index contributed by atoms with van der Waals surface area (Å²) in [5.74, 6) is 0.367. The number of fused-ring (bicyclic) bond motifs is 7. The number of hydrogen-bond donors (Lipinski definition) is 0. The van der Waals surface area contributed by atoms with Crippen molar-refractivity contribution in [3.05, 3.63) is 208 Å². The van der Waals surface area contributed by atoms with Crippen molar-refractivity contribution in [1.29, 1.82) is 0 Å². The number of benzene rings is 8. The lowest BCUT2D eigenvalue weighted by molar-refractivity contribution is 0.635. The Bertz CT molecular complexity index is 3160. The van der Waals surface area contributed by atoms with Gasteiger partial charge in [0.05, 0.1) is 0 Å². The second-order valence-electron chi connectivity index (χ2n) is 19.2. The van der Waals surface area contributed by atoms with Crippen LogP contribution in [0.1, 0.15) is 80.0 Å². The van der Waals surface area contributed by atoms with Crippen LogP contribution in [-0.4, -0.2) is 0 Å². The third-order valence-corrected chi connectivity index (χ3v) is 14.7. The summed E-state index contributed by atoms with van der Waals surface area (Å²) >= 11 is 0. The van der Waals surface area contributed by atoms with Gasteiger partial charge in [0.2, 0.25) is 0 Å². The Morgan fingerprint density at radius 2 is 1.03 bits per heavy atom. The Balaban J connectivity index is 1.05. The molecule has 0 spiro atoms. The molecule has 3 aliphatic rings. The van der Waals surface area contributed by atoms with Crippen molar-refractivity contribution in [2.45, 2.75) is 72.6 Å². The van der Waals surface area contributed by atoms with Gasteiger partial charge in [-0.15, -0.1) is 0 Å². The molecule has 0 heterocycles. The molecule has 11 rings (SSSR count). The van der Waals surface area contributed by atoms with Crippen molar-refractivity contribution in [2.75, 3.05) is 4.90 Å². The van der Waals surface area contributed by atoms with Gasteiger partial charge in [0.25, 0.3) is 0 Å². The van der Waals surface area contributed by atoms with Gasteiger partial charge in [-0.2, -0.15) is 0 Å². The van der Waals surface area contributed by atoms with Crippen molar-refractivity contribution in [3.8, 4) is 33.4 Å². The minimum absolute atomic E-state index is 0.0655. The molecule has 0 N–H and O–H groups in total. The number of rotatable bonds is 5. The van der Waals surface area contributed by atoms with Gasteiger partial charge in [-0.05, 0) is 181 Å². The van der Waals surface area contributed by atoms with E-state index >= 15 is 0 Å². The summed E-state index contributed by atoms with van der Waals surface area (Å²) in [6.45, 7) is 18.7. The minimum atomic E-state index is -0.178. The molecular formula is C60H53N. The van der Waals surface area contributed by atoms with Crippen molar-refractivity contribution in [1.82, 2.24) is 0 Å². The van der Waals surface area contributed by atoms with Crippen LogP contribution < -0.4 is 4.90 Å². The molecule has 8 aromatic rings. The molecule has 1 nitrogen and oxygen atoms in total.